The van der Waals surface area contributed by atoms with Gasteiger partial charge in [0, 0.05) is 23.9 Å². The molecule has 4 rings (SSSR count). The largest absolute Gasteiger partial charge is 0.491 e. The summed E-state index contributed by atoms with van der Waals surface area (Å²) in [6.45, 7) is 1.48. The van der Waals surface area contributed by atoms with Crippen LogP contribution in [0, 0.1) is 6.92 Å². The van der Waals surface area contributed by atoms with Crippen molar-refractivity contribution in [2.45, 2.75) is 32.6 Å². The van der Waals surface area contributed by atoms with Crippen molar-refractivity contribution in [3.05, 3.63) is 82.9 Å². The number of hydrogen-bond donors (Lipinski definition) is 0. The molecule has 0 radical (unpaired) electrons. The van der Waals surface area contributed by atoms with Gasteiger partial charge < -0.3 is 14.4 Å². The summed E-state index contributed by atoms with van der Waals surface area (Å²) in [5, 5.41) is 0. The zero-order valence-electron chi connectivity index (χ0n) is 18.1. The predicted molar refractivity (Wildman–Crippen MR) is 114 cm³/mol. The van der Waals surface area contributed by atoms with Crippen LogP contribution in [0.3, 0.4) is 0 Å². The number of amides is 1. The monoisotopic (exact) mass is 471 g/mol. The zero-order valence-corrected chi connectivity index (χ0v) is 18.1. The maximum atomic E-state index is 12.9. The van der Waals surface area contributed by atoms with Crippen molar-refractivity contribution in [2.75, 3.05) is 6.61 Å². The lowest BCUT2D eigenvalue weighted by molar-refractivity contribution is -0.139. The number of ether oxygens (including phenoxy) is 2. The number of benzene rings is 1. The van der Waals surface area contributed by atoms with E-state index in [1.807, 2.05) is 0 Å². The molecule has 3 aromatic rings. The summed E-state index contributed by atoms with van der Waals surface area (Å²) in [5.74, 6) is -0.326. The predicted octanol–water partition coefficient (Wildman–Crippen LogP) is 4.49. The van der Waals surface area contributed by atoms with Crippen LogP contribution in [-0.2, 0) is 13.1 Å². The first-order valence-corrected chi connectivity index (χ1v) is 10.4. The molecule has 0 spiro atoms. The van der Waals surface area contributed by atoms with Gasteiger partial charge in [0.05, 0.1) is 31.5 Å². The Morgan fingerprint density at radius 3 is 2.62 bits per heavy atom. The van der Waals surface area contributed by atoms with Gasteiger partial charge >= 0.3 is 12.1 Å². The second-order valence-electron chi connectivity index (χ2n) is 7.70. The first-order valence-electron chi connectivity index (χ1n) is 10.4. The SMILES string of the molecule is Cc1cc(CN2Cc3c(ccnc3C(=O)Oc3ccccc3)C2=O)ncc1OCCC(F)(F)F. The lowest BCUT2D eigenvalue weighted by Crippen LogP contribution is -2.24. The molecular formula is C24H20F3N3O4. The lowest BCUT2D eigenvalue weighted by Gasteiger charge is -2.16. The fourth-order valence-corrected chi connectivity index (χ4v) is 3.54. The first kappa shape index (κ1) is 23.2. The normalized spacial score (nSPS) is 13.1. The molecule has 0 saturated carbocycles. The van der Waals surface area contributed by atoms with Gasteiger partial charge in [-0.05, 0) is 36.8 Å². The highest BCUT2D eigenvalue weighted by molar-refractivity contribution is 6.02. The summed E-state index contributed by atoms with van der Waals surface area (Å²) in [4.78, 5) is 35.4. The molecule has 176 valence electrons. The van der Waals surface area contributed by atoms with E-state index in [1.165, 1.54) is 17.3 Å². The number of halogens is 3. The van der Waals surface area contributed by atoms with Crippen molar-refractivity contribution in [3.8, 4) is 11.5 Å². The number of rotatable bonds is 7. The second-order valence-corrected chi connectivity index (χ2v) is 7.70. The fourth-order valence-electron chi connectivity index (χ4n) is 3.54. The minimum Gasteiger partial charge on any atom is -0.491 e. The van der Waals surface area contributed by atoms with Gasteiger partial charge in [-0.1, -0.05) is 18.2 Å². The second kappa shape index (κ2) is 9.50. The van der Waals surface area contributed by atoms with Gasteiger partial charge in [-0.25, -0.2) is 9.78 Å². The Balaban J connectivity index is 1.45. The van der Waals surface area contributed by atoms with E-state index in [9.17, 15) is 22.8 Å². The molecule has 2 aromatic heterocycles. The van der Waals surface area contributed by atoms with Crippen LogP contribution in [0.15, 0.2) is 54.9 Å². The van der Waals surface area contributed by atoms with Crippen LogP contribution in [0.2, 0.25) is 0 Å². The maximum Gasteiger partial charge on any atom is 0.392 e. The maximum absolute atomic E-state index is 12.9. The summed E-state index contributed by atoms with van der Waals surface area (Å²) >= 11 is 0. The quantitative estimate of drug-likeness (QED) is 0.373. The van der Waals surface area contributed by atoms with Gasteiger partial charge in [0.15, 0.2) is 5.69 Å². The van der Waals surface area contributed by atoms with Crippen LogP contribution in [0.1, 0.15) is 44.1 Å². The van der Waals surface area contributed by atoms with E-state index in [1.54, 1.807) is 49.4 Å². The molecule has 0 atom stereocenters. The average Bonchev–Trinajstić information content (AvgIpc) is 3.10. The number of para-hydroxylation sites is 1. The van der Waals surface area contributed by atoms with Gasteiger partial charge in [0.1, 0.15) is 11.5 Å². The molecule has 0 fully saturated rings. The van der Waals surface area contributed by atoms with Crippen LogP contribution in [0.25, 0.3) is 0 Å². The summed E-state index contributed by atoms with van der Waals surface area (Å²) < 4.78 is 47.5. The minimum atomic E-state index is -4.30. The summed E-state index contributed by atoms with van der Waals surface area (Å²) in [7, 11) is 0. The standard InChI is InChI=1S/C24H20F3N3O4/c1-15-11-16(29-12-20(15)33-10-8-24(25,26)27)13-30-14-19-18(22(30)31)7-9-28-21(19)23(32)34-17-5-3-2-4-6-17/h2-7,9,11-12H,8,10,13-14H2,1H3. The molecule has 1 amide bonds. The van der Waals surface area contributed by atoms with Crippen LogP contribution in [0.4, 0.5) is 13.2 Å². The number of fused-ring (bicyclic) bond motifs is 1. The Kier molecular flexibility index (Phi) is 6.49. The Bertz CT molecular complexity index is 1220. The van der Waals surface area contributed by atoms with E-state index in [0.717, 1.165) is 0 Å². The van der Waals surface area contributed by atoms with Crippen LogP contribution >= 0.6 is 0 Å². The number of esters is 1. The molecule has 7 nitrogen and oxygen atoms in total. The van der Waals surface area contributed by atoms with Crippen molar-refractivity contribution in [1.82, 2.24) is 14.9 Å². The third kappa shape index (κ3) is 5.33. The van der Waals surface area contributed by atoms with E-state index >= 15 is 0 Å². The Labute approximate surface area is 193 Å². The van der Waals surface area contributed by atoms with Gasteiger partial charge in [0.25, 0.3) is 5.91 Å². The van der Waals surface area contributed by atoms with Crippen molar-refractivity contribution in [2.24, 2.45) is 0 Å². The highest BCUT2D eigenvalue weighted by atomic mass is 19.4. The first-order chi connectivity index (χ1) is 16.2. The van der Waals surface area contributed by atoms with E-state index in [0.29, 0.717) is 28.1 Å². The number of hydrogen-bond acceptors (Lipinski definition) is 6. The molecule has 0 saturated heterocycles. The van der Waals surface area contributed by atoms with Gasteiger partial charge in [0.2, 0.25) is 0 Å². The molecule has 0 aliphatic carbocycles. The summed E-state index contributed by atoms with van der Waals surface area (Å²) in [6, 6.07) is 11.8. The molecule has 3 heterocycles. The smallest absolute Gasteiger partial charge is 0.392 e. The van der Waals surface area contributed by atoms with E-state index in [-0.39, 0.29) is 30.4 Å². The minimum absolute atomic E-state index is 0.0646. The highest BCUT2D eigenvalue weighted by Gasteiger charge is 2.33. The topological polar surface area (TPSA) is 81.6 Å². The molecule has 0 N–H and O–H groups in total. The van der Waals surface area contributed by atoms with Gasteiger partial charge in [-0.3, -0.25) is 9.78 Å². The number of nitrogens with zero attached hydrogens (tertiary/aromatic N) is 3. The van der Waals surface area contributed by atoms with Crippen LogP contribution in [-0.4, -0.2) is 39.5 Å². The number of carbonyl (C=O) groups is 2. The van der Waals surface area contributed by atoms with Crippen molar-refractivity contribution < 1.29 is 32.2 Å². The Morgan fingerprint density at radius 1 is 1.15 bits per heavy atom. The van der Waals surface area contributed by atoms with E-state index in [4.69, 9.17) is 9.47 Å². The number of carbonyl (C=O) groups excluding carboxylic acids is 2. The number of pyridine rings is 2. The molecular weight excluding hydrogens is 451 g/mol. The van der Waals surface area contributed by atoms with E-state index < -0.39 is 25.2 Å². The highest BCUT2D eigenvalue weighted by Crippen LogP contribution is 2.28. The molecule has 1 aliphatic heterocycles. The zero-order chi connectivity index (χ0) is 24.3. The molecule has 1 aliphatic rings. The number of aromatic nitrogens is 2. The average molecular weight is 471 g/mol. The van der Waals surface area contributed by atoms with E-state index in [2.05, 4.69) is 9.97 Å². The molecule has 1 aromatic carbocycles. The fraction of sp³-hybridized carbons (Fsp3) is 0.250. The van der Waals surface area contributed by atoms with Crippen LogP contribution < -0.4 is 9.47 Å². The third-order valence-electron chi connectivity index (χ3n) is 5.18. The van der Waals surface area contributed by atoms with Crippen molar-refractivity contribution >= 4 is 11.9 Å². The lowest BCUT2D eigenvalue weighted by atomic mass is 10.1. The molecule has 0 bridgehead atoms. The molecule has 10 heteroatoms. The third-order valence-corrected chi connectivity index (χ3v) is 5.18. The van der Waals surface area contributed by atoms with Crippen molar-refractivity contribution in [1.29, 1.82) is 0 Å². The number of aryl methyl sites for hydroxylation is 1. The molecule has 0 unspecified atom stereocenters. The number of alkyl halides is 3. The van der Waals surface area contributed by atoms with Crippen LogP contribution in [0.5, 0.6) is 11.5 Å². The molecule has 34 heavy (non-hydrogen) atoms. The van der Waals surface area contributed by atoms with Crippen molar-refractivity contribution in [3.63, 3.8) is 0 Å². The summed E-state index contributed by atoms with van der Waals surface area (Å²) in [6.07, 6.45) is -2.62. The summed E-state index contributed by atoms with van der Waals surface area (Å²) in [5.41, 5.74) is 2.03. The Hall–Kier alpha value is -3.95. The van der Waals surface area contributed by atoms with Gasteiger partial charge in [-0.2, -0.15) is 13.2 Å². The Morgan fingerprint density at radius 2 is 1.91 bits per heavy atom. The van der Waals surface area contributed by atoms with Gasteiger partial charge in [-0.15, -0.1) is 0 Å².